The molecule has 20 heavy (non-hydrogen) atoms. The summed E-state index contributed by atoms with van der Waals surface area (Å²) in [5.74, 6) is 0.421. The number of aliphatic hydroxyl groups is 1. The summed E-state index contributed by atoms with van der Waals surface area (Å²) in [5, 5.41) is 9.32. The lowest BCUT2D eigenvalue weighted by molar-refractivity contribution is 0.280. The quantitative estimate of drug-likeness (QED) is 0.844. The highest BCUT2D eigenvalue weighted by molar-refractivity contribution is 7.89. The minimum absolute atomic E-state index is 0.137. The second-order valence-electron chi connectivity index (χ2n) is 6.18. The Morgan fingerprint density at radius 3 is 2.50 bits per heavy atom. The Balaban J connectivity index is 2.13. The van der Waals surface area contributed by atoms with Gasteiger partial charge in [-0.25, -0.2) is 13.1 Å². The van der Waals surface area contributed by atoms with E-state index in [4.69, 9.17) is 0 Å². The van der Waals surface area contributed by atoms with Crippen LogP contribution in [0.15, 0.2) is 23.1 Å². The van der Waals surface area contributed by atoms with E-state index in [9.17, 15) is 13.5 Å². The third-order valence-electron chi connectivity index (χ3n) is 4.28. The van der Waals surface area contributed by atoms with E-state index in [2.05, 4.69) is 18.6 Å². The summed E-state index contributed by atoms with van der Waals surface area (Å²) in [4.78, 5) is 0.234. The van der Waals surface area contributed by atoms with Gasteiger partial charge in [-0.3, -0.25) is 0 Å². The van der Waals surface area contributed by atoms with Crippen LogP contribution in [0.25, 0.3) is 0 Å². The highest BCUT2D eigenvalue weighted by Crippen LogP contribution is 2.51. The molecule has 1 fully saturated rings. The maximum atomic E-state index is 12.3. The fourth-order valence-electron chi connectivity index (χ4n) is 2.48. The molecule has 1 saturated carbocycles. The van der Waals surface area contributed by atoms with Gasteiger partial charge >= 0.3 is 0 Å². The largest absolute Gasteiger partial charge is 0.392 e. The predicted molar refractivity (Wildman–Crippen MR) is 78.8 cm³/mol. The van der Waals surface area contributed by atoms with Crippen molar-refractivity contribution in [1.82, 2.24) is 4.72 Å². The van der Waals surface area contributed by atoms with Gasteiger partial charge in [0.25, 0.3) is 0 Å². The highest BCUT2D eigenvalue weighted by Gasteiger charge is 2.45. The summed E-state index contributed by atoms with van der Waals surface area (Å²) in [6, 6.07) is 4.96. The SMILES string of the molecule is CCc1ccc(S(=O)(=O)NCC2CC2(C)C)cc1CO. The molecule has 1 aromatic rings. The molecule has 0 aromatic heterocycles. The van der Waals surface area contributed by atoms with Crippen molar-refractivity contribution >= 4 is 10.0 Å². The number of nitrogens with one attached hydrogen (secondary N) is 1. The normalized spacial score (nSPS) is 20.9. The van der Waals surface area contributed by atoms with Crippen molar-refractivity contribution in [2.45, 2.75) is 45.1 Å². The molecular formula is C15H23NO3S. The number of hydrogen-bond donors (Lipinski definition) is 2. The lowest BCUT2D eigenvalue weighted by Gasteiger charge is -2.11. The third-order valence-corrected chi connectivity index (χ3v) is 5.70. The van der Waals surface area contributed by atoms with Crippen LogP contribution in [0.1, 0.15) is 38.3 Å². The first-order valence-corrected chi connectivity index (χ1v) is 8.51. The van der Waals surface area contributed by atoms with Crippen LogP contribution < -0.4 is 4.72 Å². The van der Waals surface area contributed by atoms with Gasteiger partial charge < -0.3 is 5.11 Å². The molecule has 0 aliphatic heterocycles. The zero-order valence-corrected chi connectivity index (χ0v) is 13.1. The van der Waals surface area contributed by atoms with Crippen LogP contribution in [-0.2, 0) is 23.1 Å². The topological polar surface area (TPSA) is 66.4 Å². The minimum atomic E-state index is -3.48. The smallest absolute Gasteiger partial charge is 0.240 e. The molecule has 0 saturated heterocycles. The standard InChI is InChI=1S/C15H23NO3S/c1-4-11-5-6-14(7-12(11)10-17)20(18,19)16-9-13-8-15(13,2)3/h5-7,13,16-17H,4,8-10H2,1-3H3. The van der Waals surface area contributed by atoms with Crippen molar-refractivity contribution in [3.63, 3.8) is 0 Å². The van der Waals surface area contributed by atoms with Crippen LogP contribution in [0.3, 0.4) is 0 Å². The summed E-state index contributed by atoms with van der Waals surface area (Å²) in [5.41, 5.74) is 1.92. The van der Waals surface area contributed by atoms with E-state index in [1.807, 2.05) is 6.92 Å². The van der Waals surface area contributed by atoms with Gasteiger partial charge in [0.05, 0.1) is 11.5 Å². The number of aryl methyl sites for hydroxylation is 1. The molecule has 0 heterocycles. The summed E-state index contributed by atoms with van der Waals surface area (Å²) in [7, 11) is -3.48. The van der Waals surface area contributed by atoms with E-state index in [1.54, 1.807) is 18.2 Å². The van der Waals surface area contributed by atoms with Gasteiger partial charge in [-0.2, -0.15) is 0 Å². The van der Waals surface area contributed by atoms with Crippen molar-refractivity contribution in [3.05, 3.63) is 29.3 Å². The van der Waals surface area contributed by atoms with Crippen LogP contribution in [-0.4, -0.2) is 20.1 Å². The summed E-state index contributed by atoms with van der Waals surface area (Å²) >= 11 is 0. The molecule has 1 atom stereocenters. The summed E-state index contributed by atoms with van der Waals surface area (Å²) in [6.07, 6.45) is 1.84. The highest BCUT2D eigenvalue weighted by atomic mass is 32.2. The molecule has 5 heteroatoms. The average Bonchev–Trinajstić information content (AvgIpc) is 3.03. The van der Waals surface area contributed by atoms with Crippen molar-refractivity contribution in [2.24, 2.45) is 11.3 Å². The first-order chi connectivity index (χ1) is 9.30. The molecule has 2 rings (SSSR count). The van der Waals surface area contributed by atoms with Gasteiger partial charge in [0.1, 0.15) is 0 Å². The number of sulfonamides is 1. The predicted octanol–water partition coefficient (Wildman–Crippen LogP) is 2.07. The van der Waals surface area contributed by atoms with Gasteiger partial charge in [0, 0.05) is 6.54 Å². The Morgan fingerprint density at radius 2 is 2.00 bits per heavy atom. The minimum Gasteiger partial charge on any atom is -0.392 e. The first kappa shape index (κ1) is 15.5. The number of aliphatic hydroxyl groups excluding tert-OH is 1. The monoisotopic (exact) mass is 297 g/mol. The maximum Gasteiger partial charge on any atom is 0.240 e. The van der Waals surface area contributed by atoms with Crippen LogP contribution in [0.2, 0.25) is 0 Å². The molecule has 1 aromatic carbocycles. The lowest BCUT2D eigenvalue weighted by Crippen LogP contribution is -2.27. The van der Waals surface area contributed by atoms with Crippen LogP contribution in [0.4, 0.5) is 0 Å². The van der Waals surface area contributed by atoms with Gasteiger partial charge in [0.15, 0.2) is 0 Å². The average molecular weight is 297 g/mol. The zero-order chi connectivity index (χ0) is 15.0. The van der Waals surface area contributed by atoms with Crippen molar-refractivity contribution in [1.29, 1.82) is 0 Å². The van der Waals surface area contributed by atoms with E-state index in [-0.39, 0.29) is 16.9 Å². The first-order valence-electron chi connectivity index (χ1n) is 7.02. The third kappa shape index (κ3) is 3.22. The molecule has 1 aliphatic carbocycles. The van der Waals surface area contributed by atoms with E-state index in [0.29, 0.717) is 18.0 Å². The zero-order valence-electron chi connectivity index (χ0n) is 12.3. The van der Waals surface area contributed by atoms with Gasteiger partial charge in [-0.1, -0.05) is 26.8 Å². The van der Waals surface area contributed by atoms with Crippen molar-refractivity contribution in [3.8, 4) is 0 Å². The van der Waals surface area contributed by atoms with E-state index >= 15 is 0 Å². The van der Waals surface area contributed by atoms with Crippen LogP contribution >= 0.6 is 0 Å². The lowest BCUT2D eigenvalue weighted by atomic mass is 10.1. The maximum absolute atomic E-state index is 12.3. The molecule has 2 N–H and O–H groups in total. The second kappa shape index (κ2) is 5.47. The molecule has 0 bridgehead atoms. The van der Waals surface area contributed by atoms with Crippen molar-refractivity contribution < 1.29 is 13.5 Å². The Bertz CT molecular complexity index is 593. The molecule has 1 aliphatic rings. The van der Waals surface area contributed by atoms with Gasteiger partial charge in [-0.15, -0.1) is 0 Å². The number of hydrogen-bond acceptors (Lipinski definition) is 3. The number of rotatable bonds is 6. The molecule has 0 amide bonds. The van der Waals surface area contributed by atoms with Crippen LogP contribution in [0, 0.1) is 11.3 Å². The summed E-state index contributed by atoms with van der Waals surface area (Å²) < 4.78 is 27.2. The molecule has 0 spiro atoms. The molecule has 112 valence electrons. The molecule has 4 nitrogen and oxygen atoms in total. The molecular weight excluding hydrogens is 274 g/mol. The van der Waals surface area contributed by atoms with E-state index < -0.39 is 10.0 Å². The van der Waals surface area contributed by atoms with E-state index in [0.717, 1.165) is 18.4 Å². The fourth-order valence-corrected chi connectivity index (χ4v) is 3.61. The summed E-state index contributed by atoms with van der Waals surface area (Å²) in [6.45, 7) is 6.62. The molecule has 1 unspecified atom stereocenters. The van der Waals surface area contributed by atoms with Gasteiger partial charge in [0.2, 0.25) is 10.0 Å². The van der Waals surface area contributed by atoms with E-state index in [1.165, 1.54) is 0 Å². The van der Waals surface area contributed by atoms with Gasteiger partial charge in [-0.05, 0) is 47.4 Å². The van der Waals surface area contributed by atoms with Crippen LogP contribution in [0.5, 0.6) is 0 Å². The fraction of sp³-hybridized carbons (Fsp3) is 0.600. The Labute approximate surface area is 121 Å². The second-order valence-corrected chi connectivity index (χ2v) is 7.95. The molecule has 0 radical (unpaired) electrons. The number of benzene rings is 1. The Hall–Kier alpha value is -0.910. The Kier molecular flexibility index (Phi) is 4.23. The van der Waals surface area contributed by atoms with Crippen molar-refractivity contribution in [2.75, 3.05) is 6.54 Å². The Morgan fingerprint density at radius 1 is 1.35 bits per heavy atom.